The number of amides is 1. The lowest BCUT2D eigenvalue weighted by molar-refractivity contribution is 0.0955. The fourth-order valence-electron chi connectivity index (χ4n) is 1.84. The van der Waals surface area contributed by atoms with Crippen LogP contribution in [0.25, 0.3) is 10.2 Å². The third kappa shape index (κ3) is 3.14. The number of carbonyl (C=O) groups is 1. The topological polar surface area (TPSA) is 54.4 Å². The van der Waals surface area contributed by atoms with Gasteiger partial charge in [-0.3, -0.25) is 4.79 Å². The van der Waals surface area contributed by atoms with Gasteiger partial charge in [-0.1, -0.05) is 42.0 Å². The Hall–Kier alpha value is -2.53. The molecule has 0 saturated heterocycles. The van der Waals surface area contributed by atoms with Gasteiger partial charge >= 0.3 is 0 Å². The minimum Gasteiger partial charge on any atom is -0.265 e. The summed E-state index contributed by atoms with van der Waals surface area (Å²) in [6, 6.07) is 15.5. The molecule has 21 heavy (non-hydrogen) atoms. The standard InChI is InChI=1S/C16H13N3OS/c1-11-6-8-12(9-7-11)10-17-19-15(20)16-18-13-4-2-3-5-14(13)21-16/h2-10H,1H3,(H,19,20)/b17-10+. The van der Waals surface area contributed by atoms with Gasteiger partial charge in [-0.05, 0) is 24.6 Å². The van der Waals surface area contributed by atoms with E-state index in [9.17, 15) is 4.79 Å². The zero-order chi connectivity index (χ0) is 14.7. The number of aryl methyl sites for hydroxylation is 1. The molecule has 0 aliphatic rings. The van der Waals surface area contributed by atoms with E-state index >= 15 is 0 Å². The fraction of sp³-hybridized carbons (Fsp3) is 0.0625. The van der Waals surface area contributed by atoms with Gasteiger partial charge in [0.2, 0.25) is 0 Å². The number of hydrogen-bond donors (Lipinski definition) is 1. The van der Waals surface area contributed by atoms with Crippen LogP contribution in [0.1, 0.15) is 20.9 Å². The molecular formula is C16H13N3OS. The van der Waals surface area contributed by atoms with Crippen LogP contribution in [0.15, 0.2) is 53.6 Å². The molecule has 0 fully saturated rings. The highest BCUT2D eigenvalue weighted by atomic mass is 32.1. The van der Waals surface area contributed by atoms with Crippen molar-refractivity contribution in [3.05, 3.63) is 64.7 Å². The highest BCUT2D eigenvalue weighted by molar-refractivity contribution is 7.20. The number of thiazole rings is 1. The summed E-state index contributed by atoms with van der Waals surface area (Å²) >= 11 is 1.36. The number of rotatable bonds is 3. The van der Waals surface area contributed by atoms with Crippen molar-refractivity contribution in [2.45, 2.75) is 6.92 Å². The lowest BCUT2D eigenvalue weighted by Gasteiger charge is -1.96. The molecule has 0 radical (unpaired) electrons. The summed E-state index contributed by atoms with van der Waals surface area (Å²) in [7, 11) is 0. The predicted molar refractivity (Wildman–Crippen MR) is 85.9 cm³/mol. The number of carbonyl (C=O) groups excluding carboxylic acids is 1. The second kappa shape index (κ2) is 5.85. The smallest absolute Gasteiger partial charge is 0.265 e. The van der Waals surface area contributed by atoms with Crippen LogP contribution in [0, 0.1) is 6.92 Å². The van der Waals surface area contributed by atoms with Gasteiger partial charge in [-0.2, -0.15) is 5.10 Å². The van der Waals surface area contributed by atoms with Crippen LogP contribution >= 0.6 is 11.3 Å². The van der Waals surface area contributed by atoms with Gasteiger partial charge in [0, 0.05) is 0 Å². The number of hydrazone groups is 1. The van der Waals surface area contributed by atoms with E-state index in [1.54, 1.807) is 6.21 Å². The zero-order valence-corrected chi connectivity index (χ0v) is 12.2. The Morgan fingerprint density at radius 1 is 1.19 bits per heavy atom. The van der Waals surface area contributed by atoms with Crippen LogP contribution in [-0.2, 0) is 0 Å². The number of nitrogens with one attached hydrogen (secondary N) is 1. The first kappa shape index (κ1) is 13.5. The SMILES string of the molecule is Cc1ccc(/C=N/NC(=O)c2nc3ccccc3s2)cc1. The molecule has 0 aliphatic carbocycles. The molecule has 104 valence electrons. The summed E-state index contributed by atoms with van der Waals surface area (Å²) < 4.78 is 0.991. The summed E-state index contributed by atoms with van der Waals surface area (Å²) in [5.74, 6) is -0.292. The van der Waals surface area contributed by atoms with Crippen LogP contribution < -0.4 is 5.43 Å². The molecule has 0 saturated carbocycles. The molecule has 3 aromatic rings. The van der Waals surface area contributed by atoms with Crippen molar-refractivity contribution in [1.82, 2.24) is 10.4 Å². The average Bonchev–Trinajstić information content (AvgIpc) is 2.93. The van der Waals surface area contributed by atoms with Crippen LogP contribution in [0.4, 0.5) is 0 Å². The maximum atomic E-state index is 12.0. The van der Waals surface area contributed by atoms with Gasteiger partial charge in [0.05, 0.1) is 16.4 Å². The Bertz CT molecular complexity index is 773. The van der Waals surface area contributed by atoms with Crippen molar-refractivity contribution in [2.75, 3.05) is 0 Å². The van der Waals surface area contributed by atoms with Crippen molar-refractivity contribution in [2.24, 2.45) is 5.10 Å². The Labute approximate surface area is 126 Å². The molecule has 0 unspecified atom stereocenters. The van der Waals surface area contributed by atoms with Crippen LogP contribution in [0.5, 0.6) is 0 Å². The van der Waals surface area contributed by atoms with E-state index in [1.807, 2.05) is 55.5 Å². The van der Waals surface area contributed by atoms with E-state index in [4.69, 9.17) is 0 Å². The van der Waals surface area contributed by atoms with Gasteiger partial charge < -0.3 is 0 Å². The number of nitrogens with zero attached hydrogens (tertiary/aromatic N) is 2. The monoisotopic (exact) mass is 295 g/mol. The van der Waals surface area contributed by atoms with Crippen molar-refractivity contribution in [1.29, 1.82) is 0 Å². The lowest BCUT2D eigenvalue weighted by atomic mass is 10.2. The van der Waals surface area contributed by atoms with E-state index in [1.165, 1.54) is 16.9 Å². The van der Waals surface area contributed by atoms with Crippen LogP contribution in [-0.4, -0.2) is 17.1 Å². The minimum absolute atomic E-state index is 0.292. The molecule has 0 bridgehead atoms. The molecule has 2 aromatic carbocycles. The summed E-state index contributed by atoms with van der Waals surface area (Å²) in [5, 5.41) is 4.37. The number of hydrogen-bond acceptors (Lipinski definition) is 4. The number of para-hydroxylation sites is 1. The Morgan fingerprint density at radius 2 is 1.95 bits per heavy atom. The molecule has 4 nitrogen and oxygen atoms in total. The largest absolute Gasteiger partial charge is 0.300 e. The number of fused-ring (bicyclic) bond motifs is 1. The molecule has 1 heterocycles. The first-order valence-corrected chi connectivity index (χ1v) is 7.30. The van der Waals surface area contributed by atoms with E-state index in [2.05, 4.69) is 15.5 Å². The highest BCUT2D eigenvalue weighted by Crippen LogP contribution is 2.21. The van der Waals surface area contributed by atoms with Crippen LogP contribution in [0.2, 0.25) is 0 Å². The van der Waals surface area contributed by atoms with Crippen molar-refractivity contribution in [3.8, 4) is 0 Å². The third-order valence-electron chi connectivity index (χ3n) is 2.95. The second-order valence-electron chi connectivity index (χ2n) is 4.60. The molecule has 1 amide bonds. The van der Waals surface area contributed by atoms with Gasteiger partial charge in [-0.15, -0.1) is 11.3 Å². The summed E-state index contributed by atoms with van der Waals surface area (Å²) in [6.45, 7) is 2.02. The average molecular weight is 295 g/mol. The number of benzene rings is 2. The van der Waals surface area contributed by atoms with Gasteiger partial charge in [-0.25, -0.2) is 10.4 Å². The normalized spacial score (nSPS) is 11.1. The van der Waals surface area contributed by atoms with Gasteiger partial charge in [0.1, 0.15) is 0 Å². The third-order valence-corrected chi connectivity index (χ3v) is 3.98. The van der Waals surface area contributed by atoms with Crippen molar-refractivity contribution in [3.63, 3.8) is 0 Å². The second-order valence-corrected chi connectivity index (χ2v) is 5.63. The van der Waals surface area contributed by atoms with Crippen molar-refractivity contribution < 1.29 is 4.79 Å². The lowest BCUT2D eigenvalue weighted by Crippen LogP contribution is -2.17. The minimum atomic E-state index is -0.292. The van der Waals surface area contributed by atoms with E-state index in [-0.39, 0.29) is 5.91 Å². The molecule has 0 atom stereocenters. The Kier molecular flexibility index (Phi) is 3.75. The van der Waals surface area contributed by atoms with Crippen LogP contribution in [0.3, 0.4) is 0 Å². The quantitative estimate of drug-likeness (QED) is 0.595. The number of aromatic nitrogens is 1. The Balaban J connectivity index is 1.70. The first-order valence-electron chi connectivity index (χ1n) is 6.48. The van der Waals surface area contributed by atoms with E-state index in [0.29, 0.717) is 5.01 Å². The summed E-state index contributed by atoms with van der Waals surface area (Å²) in [5.41, 5.74) is 5.45. The maximum Gasteiger partial charge on any atom is 0.300 e. The molecule has 1 aromatic heterocycles. The first-order chi connectivity index (χ1) is 10.2. The van der Waals surface area contributed by atoms with Crippen molar-refractivity contribution >= 4 is 33.7 Å². The molecule has 3 rings (SSSR count). The molecule has 0 spiro atoms. The molecule has 1 N–H and O–H groups in total. The Morgan fingerprint density at radius 3 is 2.71 bits per heavy atom. The maximum absolute atomic E-state index is 12.0. The van der Waals surface area contributed by atoms with Gasteiger partial charge in [0.15, 0.2) is 5.01 Å². The predicted octanol–water partition coefficient (Wildman–Crippen LogP) is 3.37. The molecule has 5 heteroatoms. The zero-order valence-electron chi connectivity index (χ0n) is 11.4. The molecular weight excluding hydrogens is 282 g/mol. The molecule has 0 aliphatic heterocycles. The van der Waals surface area contributed by atoms with E-state index in [0.717, 1.165) is 15.8 Å². The summed E-state index contributed by atoms with van der Waals surface area (Å²) in [6.07, 6.45) is 1.62. The fourth-order valence-corrected chi connectivity index (χ4v) is 2.69. The van der Waals surface area contributed by atoms with E-state index < -0.39 is 0 Å². The highest BCUT2D eigenvalue weighted by Gasteiger charge is 2.10. The van der Waals surface area contributed by atoms with Gasteiger partial charge in [0.25, 0.3) is 5.91 Å². The summed E-state index contributed by atoms with van der Waals surface area (Å²) in [4.78, 5) is 16.3.